The molecule has 1 atom stereocenters. The number of fused-ring (bicyclic) bond motifs is 1. The highest BCUT2D eigenvalue weighted by Gasteiger charge is 2.27. The lowest BCUT2D eigenvalue weighted by Crippen LogP contribution is -2.40. The van der Waals surface area contributed by atoms with Gasteiger partial charge in [0.05, 0.1) is 6.42 Å². The van der Waals surface area contributed by atoms with Crippen LogP contribution in [0.25, 0.3) is 10.9 Å². The van der Waals surface area contributed by atoms with Gasteiger partial charge in [-0.05, 0) is 24.5 Å². The predicted molar refractivity (Wildman–Crippen MR) is 98.4 cm³/mol. The number of nitrogens with zero attached hydrogens (tertiary/aromatic N) is 4. The molecule has 5 heteroatoms. The Morgan fingerprint density at radius 3 is 2.88 bits per heavy atom. The van der Waals surface area contributed by atoms with Crippen molar-refractivity contribution < 1.29 is 4.79 Å². The lowest BCUT2D eigenvalue weighted by Gasteiger charge is -2.32. The molecule has 0 aliphatic carbocycles. The molecule has 0 saturated carbocycles. The molecule has 25 heavy (non-hydrogen) atoms. The van der Waals surface area contributed by atoms with Crippen molar-refractivity contribution in [3.05, 3.63) is 54.2 Å². The molecule has 0 spiro atoms. The average Bonchev–Trinajstić information content (AvgIpc) is 3.19. The summed E-state index contributed by atoms with van der Waals surface area (Å²) in [5, 5.41) is 1.18. The van der Waals surface area contributed by atoms with E-state index in [0.717, 1.165) is 37.3 Å². The third-order valence-electron chi connectivity index (χ3n) is 5.32. The van der Waals surface area contributed by atoms with Gasteiger partial charge in [0, 0.05) is 62.6 Å². The molecule has 0 unspecified atom stereocenters. The van der Waals surface area contributed by atoms with E-state index < -0.39 is 0 Å². The quantitative estimate of drug-likeness (QED) is 0.738. The van der Waals surface area contributed by atoms with Gasteiger partial charge in [-0.15, -0.1) is 0 Å². The molecule has 2 aromatic heterocycles. The minimum absolute atomic E-state index is 0.218. The summed E-state index contributed by atoms with van der Waals surface area (Å²) < 4.78 is 4.17. The summed E-state index contributed by atoms with van der Waals surface area (Å²) in [6.07, 6.45) is 8.51. The zero-order valence-electron chi connectivity index (χ0n) is 14.9. The number of imidazole rings is 1. The average molecular weight is 336 g/mol. The van der Waals surface area contributed by atoms with Gasteiger partial charge in [-0.2, -0.15) is 0 Å². The van der Waals surface area contributed by atoms with Gasteiger partial charge in [0.15, 0.2) is 0 Å². The Morgan fingerprint density at radius 1 is 1.24 bits per heavy atom. The zero-order chi connectivity index (χ0) is 17.4. The van der Waals surface area contributed by atoms with E-state index in [2.05, 4.69) is 32.4 Å². The number of piperidine rings is 1. The van der Waals surface area contributed by atoms with Gasteiger partial charge in [0.2, 0.25) is 5.91 Å². The van der Waals surface area contributed by atoms with Gasteiger partial charge in [-0.25, -0.2) is 4.98 Å². The van der Waals surface area contributed by atoms with Crippen molar-refractivity contribution in [3.8, 4) is 0 Å². The van der Waals surface area contributed by atoms with E-state index in [4.69, 9.17) is 0 Å². The Kier molecular flexibility index (Phi) is 4.07. The molecule has 0 radical (unpaired) electrons. The maximum atomic E-state index is 12.9. The van der Waals surface area contributed by atoms with Crippen molar-refractivity contribution in [2.75, 3.05) is 13.1 Å². The topological polar surface area (TPSA) is 43.1 Å². The molecular weight excluding hydrogens is 312 g/mol. The van der Waals surface area contributed by atoms with E-state index in [0.29, 0.717) is 12.3 Å². The molecule has 3 aromatic rings. The molecule has 1 aromatic carbocycles. The fourth-order valence-electron chi connectivity index (χ4n) is 4.03. The van der Waals surface area contributed by atoms with E-state index >= 15 is 0 Å². The number of hydrogen-bond acceptors (Lipinski definition) is 2. The summed E-state index contributed by atoms with van der Waals surface area (Å²) in [5.74, 6) is 1.64. The zero-order valence-corrected chi connectivity index (χ0v) is 14.9. The SMILES string of the molecule is Cn1ccnc1[C@H]1CCCN(C(=O)Cc2cn(C)c3ccccc23)C1. The van der Waals surface area contributed by atoms with Crippen LogP contribution in [0.2, 0.25) is 0 Å². The third-order valence-corrected chi connectivity index (χ3v) is 5.32. The predicted octanol–water partition coefficient (Wildman–Crippen LogP) is 2.86. The monoisotopic (exact) mass is 336 g/mol. The molecule has 3 heterocycles. The summed E-state index contributed by atoms with van der Waals surface area (Å²) in [6.45, 7) is 1.62. The van der Waals surface area contributed by atoms with Crippen LogP contribution in [-0.4, -0.2) is 38.0 Å². The summed E-state index contributed by atoms with van der Waals surface area (Å²) in [4.78, 5) is 19.4. The second-order valence-corrected chi connectivity index (χ2v) is 7.03. The highest BCUT2D eigenvalue weighted by molar-refractivity contribution is 5.89. The Hall–Kier alpha value is -2.56. The number of amides is 1. The Bertz CT molecular complexity index is 907. The molecule has 1 aliphatic rings. The molecule has 1 aliphatic heterocycles. The maximum Gasteiger partial charge on any atom is 0.227 e. The minimum Gasteiger partial charge on any atom is -0.350 e. The van der Waals surface area contributed by atoms with Crippen LogP contribution in [0.5, 0.6) is 0 Å². The van der Waals surface area contributed by atoms with Crippen LogP contribution in [0.3, 0.4) is 0 Å². The molecule has 0 N–H and O–H groups in total. The van der Waals surface area contributed by atoms with Crippen LogP contribution in [0.1, 0.15) is 30.1 Å². The first-order chi connectivity index (χ1) is 12.1. The van der Waals surface area contributed by atoms with Crippen LogP contribution >= 0.6 is 0 Å². The van der Waals surface area contributed by atoms with Gasteiger partial charge in [-0.3, -0.25) is 4.79 Å². The van der Waals surface area contributed by atoms with Crippen molar-refractivity contribution in [2.45, 2.75) is 25.2 Å². The van der Waals surface area contributed by atoms with Gasteiger partial charge < -0.3 is 14.0 Å². The number of rotatable bonds is 3. The Morgan fingerprint density at radius 2 is 2.08 bits per heavy atom. The molecule has 1 saturated heterocycles. The van der Waals surface area contributed by atoms with Crippen molar-refractivity contribution in [1.82, 2.24) is 19.0 Å². The minimum atomic E-state index is 0.218. The fourth-order valence-corrected chi connectivity index (χ4v) is 4.03. The van der Waals surface area contributed by atoms with Crippen LogP contribution in [0.4, 0.5) is 0 Å². The number of likely N-dealkylation sites (tertiary alicyclic amines) is 1. The second-order valence-electron chi connectivity index (χ2n) is 7.03. The number of hydrogen-bond donors (Lipinski definition) is 0. The molecule has 130 valence electrons. The Balaban J connectivity index is 1.51. The number of benzene rings is 1. The normalized spacial score (nSPS) is 18.0. The maximum absolute atomic E-state index is 12.9. The van der Waals surface area contributed by atoms with Gasteiger partial charge in [0.1, 0.15) is 5.82 Å². The molecule has 0 bridgehead atoms. The molecule has 4 rings (SSSR count). The Labute approximate surface area is 147 Å². The van der Waals surface area contributed by atoms with Gasteiger partial charge >= 0.3 is 0 Å². The lowest BCUT2D eigenvalue weighted by atomic mass is 9.96. The van der Waals surface area contributed by atoms with E-state index in [9.17, 15) is 4.79 Å². The van der Waals surface area contributed by atoms with Gasteiger partial charge in [0.25, 0.3) is 0 Å². The molecule has 1 fully saturated rings. The summed E-state index contributed by atoms with van der Waals surface area (Å²) in [7, 11) is 4.06. The fraction of sp³-hybridized carbons (Fsp3) is 0.400. The molecule has 1 amide bonds. The van der Waals surface area contributed by atoms with Crippen LogP contribution < -0.4 is 0 Å². The number of aromatic nitrogens is 3. The van der Waals surface area contributed by atoms with E-state index in [1.165, 1.54) is 10.9 Å². The number of aryl methyl sites for hydroxylation is 2. The smallest absolute Gasteiger partial charge is 0.227 e. The van der Waals surface area contributed by atoms with Crippen LogP contribution in [0, 0.1) is 0 Å². The molecular formula is C20H24N4O. The van der Waals surface area contributed by atoms with E-state index in [1.807, 2.05) is 43.5 Å². The first-order valence-electron chi connectivity index (χ1n) is 8.91. The summed E-state index contributed by atoms with van der Waals surface area (Å²) in [5.41, 5.74) is 2.29. The summed E-state index contributed by atoms with van der Waals surface area (Å²) in [6, 6.07) is 8.27. The van der Waals surface area contributed by atoms with Gasteiger partial charge in [-0.1, -0.05) is 18.2 Å². The standard InChI is InChI=1S/C20H24N4O/c1-22-11-9-21-20(22)15-6-5-10-24(14-15)19(25)12-16-13-23(2)18-8-4-3-7-17(16)18/h3-4,7-9,11,13,15H,5-6,10,12,14H2,1-2H3/t15-/m0/s1. The van der Waals surface area contributed by atoms with Crippen molar-refractivity contribution >= 4 is 16.8 Å². The largest absolute Gasteiger partial charge is 0.350 e. The van der Waals surface area contributed by atoms with Crippen LogP contribution in [-0.2, 0) is 25.3 Å². The van der Waals surface area contributed by atoms with E-state index in [1.54, 1.807) is 0 Å². The van der Waals surface area contributed by atoms with Crippen molar-refractivity contribution in [1.29, 1.82) is 0 Å². The van der Waals surface area contributed by atoms with Crippen molar-refractivity contribution in [2.24, 2.45) is 14.1 Å². The first-order valence-corrected chi connectivity index (χ1v) is 8.91. The second kappa shape index (κ2) is 6.39. The molecule has 5 nitrogen and oxygen atoms in total. The van der Waals surface area contributed by atoms with Crippen LogP contribution in [0.15, 0.2) is 42.9 Å². The lowest BCUT2D eigenvalue weighted by molar-refractivity contribution is -0.131. The number of para-hydroxylation sites is 1. The highest BCUT2D eigenvalue weighted by Crippen LogP contribution is 2.27. The summed E-state index contributed by atoms with van der Waals surface area (Å²) >= 11 is 0. The third kappa shape index (κ3) is 2.95. The number of carbonyl (C=O) groups is 1. The first kappa shape index (κ1) is 15.9. The highest BCUT2D eigenvalue weighted by atomic mass is 16.2. The van der Waals surface area contributed by atoms with Crippen molar-refractivity contribution in [3.63, 3.8) is 0 Å². The van der Waals surface area contributed by atoms with E-state index in [-0.39, 0.29) is 5.91 Å². The number of carbonyl (C=O) groups excluding carboxylic acids is 1.